The number of hydrogen-bond acceptors (Lipinski definition) is 5. The van der Waals surface area contributed by atoms with Crippen molar-refractivity contribution in [2.24, 2.45) is 0 Å². The number of amides is 1. The zero-order chi connectivity index (χ0) is 20.3. The first-order valence-electron chi connectivity index (χ1n) is 10.3. The Kier molecular flexibility index (Phi) is 5.56. The van der Waals surface area contributed by atoms with E-state index in [1.54, 1.807) is 17.4 Å². The van der Waals surface area contributed by atoms with Crippen LogP contribution in [0.15, 0.2) is 36.9 Å². The summed E-state index contributed by atoms with van der Waals surface area (Å²) in [6, 6.07) is 5.81. The second kappa shape index (κ2) is 8.27. The number of carbonyl (C=O) groups excluding carboxylic acids is 2. The monoisotopic (exact) mass is 397 g/mol. The minimum Gasteiger partial charge on any atom is -0.486 e. The molecule has 0 N–H and O–H groups in total. The van der Waals surface area contributed by atoms with Gasteiger partial charge in [-0.15, -0.1) is 0 Å². The number of benzene rings is 1. The SMILES string of the molecule is CCCCOC(=O)N1CCC2(CC1)CC(=O)c1cc(Cn3ccnc3)ccc1O2. The van der Waals surface area contributed by atoms with Gasteiger partial charge in [-0.1, -0.05) is 19.4 Å². The minimum absolute atomic E-state index is 0.109. The molecule has 2 aliphatic rings. The lowest BCUT2D eigenvalue weighted by Gasteiger charge is -2.43. The van der Waals surface area contributed by atoms with E-state index in [-0.39, 0.29) is 11.9 Å². The number of imidazole rings is 1. The molecule has 29 heavy (non-hydrogen) atoms. The fraction of sp³-hybridized carbons (Fsp3) is 0.500. The highest BCUT2D eigenvalue weighted by Gasteiger charge is 2.44. The number of Topliss-reactive ketones (excluding diaryl/α,β-unsaturated/α-hetero) is 1. The molecule has 7 nitrogen and oxygen atoms in total. The van der Waals surface area contributed by atoms with Gasteiger partial charge in [-0.3, -0.25) is 4.79 Å². The van der Waals surface area contributed by atoms with Crippen LogP contribution in [0, 0.1) is 0 Å². The summed E-state index contributed by atoms with van der Waals surface area (Å²) in [6.07, 6.45) is 8.63. The normalized spacial score (nSPS) is 17.7. The maximum atomic E-state index is 12.9. The van der Waals surface area contributed by atoms with E-state index in [0.29, 0.717) is 56.8 Å². The molecule has 1 saturated heterocycles. The standard InChI is InChI=1S/C22H27N3O4/c1-2-3-12-28-21(27)25-9-6-22(7-10-25)14-19(26)18-13-17(4-5-20(18)29-22)15-24-11-8-23-16-24/h4-5,8,11,13,16H,2-3,6-7,9-10,12,14-15H2,1H3. The number of piperidine rings is 1. The maximum absolute atomic E-state index is 12.9. The molecule has 1 spiro atoms. The van der Waals surface area contributed by atoms with Crippen LogP contribution in [0.25, 0.3) is 0 Å². The van der Waals surface area contributed by atoms with Gasteiger partial charge in [-0.2, -0.15) is 0 Å². The number of aromatic nitrogens is 2. The van der Waals surface area contributed by atoms with Crippen LogP contribution in [0.1, 0.15) is 54.9 Å². The van der Waals surface area contributed by atoms with Crippen molar-refractivity contribution in [3.05, 3.63) is 48.0 Å². The molecule has 2 aromatic rings. The van der Waals surface area contributed by atoms with Crippen LogP contribution in [0.2, 0.25) is 0 Å². The predicted molar refractivity (Wildman–Crippen MR) is 107 cm³/mol. The van der Waals surface area contributed by atoms with Crippen LogP contribution in [0.5, 0.6) is 5.75 Å². The van der Waals surface area contributed by atoms with Crippen molar-refractivity contribution in [3.63, 3.8) is 0 Å². The molecule has 1 aromatic carbocycles. The highest BCUT2D eigenvalue weighted by atomic mass is 16.6. The van der Waals surface area contributed by atoms with E-state index in [9.17, 15) is 9.59 Å². The molecule has 3 heterocycles. The number of unbranched alkanes of at least 4 members (excludes halogenated alkanes) is 1. The summed E-state index contributed by atoms with van der Waals surface area (Å²) in [5.41, 5.74) is 1.17. The van der Waals surface area contributed by atoms with Crippen molar-refractivity contribution in [2.45, 2.75) is 51.2 Å². The third-order valence-corrected chi connectivity index (χ3v) is 5.73. The van der Waals surface area contributed by atoms with E-state index in [2.05, 4.69) is 11.9 Å². The van der Waals surface area contributed by atoms with Gasteiger partial charge in [0.1, 0.15) is 11.4 Å². The number of carbonyl (C=O) groups is 2. The fourth-order valence-electron chi connectivity index (χ4n) is 4.00. The Balaban J connectivity index is 1.40. The van der Waals surface area contributed by atoms with Gasteiger partial charge in [0.25, 0.3) is 0 Å². The Bertz CT molecular complexity index is 870. The van der Waals surface area contributed by atoms with Gasteiger partial charge >= 0.3 is 6.09 Å². The summed E-state index contributed by atoms with van der Waals surface area (Å²) >= 11 is 0. The summed E-state index contributed by atoms with van der Waals surface area (Å²) in [7, 11) is 0. The zero-order valence-corrected chi connectivity index (χ0v) is 16.8. The molecule has 0 unspecified atom stereocenters. The van der Waals surface area contributed by atoms with Crippen LogP contribution in [-0.2, 0) is 11.3 Å². The Hall–Kier alpha value is -2.83. The van der Waals surface area contributed by atoms with Crippen LogP contribution >= 0.6 is 0 Å². The molecule has 0 radical (unpaired) electrons. The molecule has 2 aliphatic heterocycles. The Morgan fingerprint density at radius 1 is 1.31 bits per heavy atom. The predicted octanol–water partition coefficient (Wildman–Crippen LogP) is 3.67. The largest absolute Gasteiger partial charge is 0.486 e. The third kappa shape index (κ3) is 4.28. The summed E-state index contributed by atoms with van der Waals surface area (Å²) in [5.74, 6) is 0.757. The number of likely N-dealkylation sites (tertiary alicyclic amines) is 1. The Morgan fingerprint density at radius 3 is 2.86 bits per heavy atom. The number of hydrogen-bond donors (Lipinski definition) is 0. The van der Waals surface area contributed by atoms with Gasteiger partial charge in [0.2, 0.25) is 0 Å². The first-order valence-corrected chi connectivity index (χ1v) is 10.3. The van der Waals surface area contributed by atoms with Crippen LogP contribution < -0.4 is 4.74 Å². The molecule has 7 heteroatoms. The summed E-state index contributed by atoms with van der Waals surface area (Å²) in [4.78, 5) is 30.8. The van der Waals surface area contributed by atoms with Crippen molar-refractivity contribution < 1.29 is 19.1 Å². The topological polar surface area (TPSA) is 73.7 Å². The molecule has 0 bridgehead atoms. The first-order chi connectivity index (χ1) is 14.1. The Labute approximate surface area is 170 Å². The van der Waals surface area contributed by atoms with Crippen LogP contribution in [0.4, 0.5) is 4.79 Å². The average Bonchev–Trinajstić information content (AvgIpc) is 3.22. The van der Waals surface area contributed by atoms with Gasteiger partial charge in [0.15, 0.2) is 5.78 Å². The molecule has 0 saturated carbocycles. The molecule has 0 atom stereocenters. The summed E-state index contributed by atoms with van der Waals surface area (Å²) in [6.45, 7) is 4.29. The second-order valence-electron chi connectivity index (χ2n) is 7.91. The number of ether oxygens (including phenoxy) is 2. The zero-order valence-electron chi connectivity index (χ0n) is 16.8. The van der Waals surface area contributed by atoms with Crippen molar-refractivity contribution in [1.29, 1.82) is 0 Å². The molecule has 1 aromatic heterocycles. The lowest BCUT2D eigenvalue weighted by molar-refractivity contribution is -0.00915. The first kappa shape index (κ1) is 19.5. The van der Waals surface area contributed by atoms with Gasteiger partial charge in [-0.05, 0) is 24.1 Å². The number of nitrogens with zero attached hydrogens (tertiary/aromatic N) is 3. The van der Waals surface area contributed by atoms with Gasteiger partial charge < -0.3 is 18.9 Å². The second-order valence-corrected chi connectivity index (χ2v) is 7.91. The Morgan fingerprint density at radius 2 is 2.14 bits per heavy atom. The number of rotatable bonds is 5. The van der Waals surface area contributed by atoms with Crippen molar-refractivity contribution in [1.82, 2.24) is 14.5 Å². The van der Waals surface area contributed by atoms with E-state index in [4.69, 9.17) is 9.47 Å². The maximum Gasteiger partial charge on any atom is 0.409 e. The molecular weight excluding hydrogens is 370 g/mol. The van der Waals surface area contributed by atoms with E-state index in [1.807, 2.05) is 29.0 Å². The lowest BCUT2D eigenvalue weighted by Crippen LogP contribution is -2.52. The fourth-order valence-corrected chi connectivity index (χ4v) is 4.00. The molecular formula is C22H27N3O4. The van der Waals surface area contributed by atoms with E-state index < -0.39 is 5.60 Å². The van der Waals surface area contributed by atoms with Crippen molar-refractivity contribution in [3.8, 4) is 5.75 Å². The molecule has 4 rings (SSSR count). The highest BCUT2D eigenvalue weighted by molar-refractivity contribution is 6.00. The quantitative estimate of drug-likeness (QED) is 0.720. The summed E-state index contributed by atoms with van der Waals surface area (Å²) < 4.78 is 13.6. The third-order valence-electron chi connectivity index (χ3n) is 5.73. The van der Waals surface area contributed by atoms with E-state index in [0.717, 1.165) is 18.4 Å². The van der Waals surface area contributed by atoms with Gasteiger partial charge in [0.05, 0.1) is 24.9 Å². The van der Waals surface area contributed by atoms with Crippen LogP contribution in [0.3, 0.4) is 0 Å². The van der Waals surface area contributed by atoms with Crippen LogP contribution in [-0.4, -0.2) is 51.6 Å². The summed E-state index contributed by atoms with van der Waals surface area (Å²) in [5, 5.41) is 0. The average molecular weight is 397 g/mol. The molecule has 154 valence electrons. The number of fused-ring (bicyclic) bond motifs is 1. The molecule has 0 aliphatic carbocycles. The van der Waals surface area contributed by atoms with E-state index in [1.165, 1.54) is 0 Å². The number of ketones is 1. The smallest absolute Gasteiger partial charge is 0.409 e. The van der Waals surface area contributed by atoms with Crippen molar-refractivity contribution in [2.75, 3.05) is 19.7 Å². The lowest BCUT2D eigenvalue weighted by atomic mass is 9.82. The minimum atomic E-state index is -0.518. The molecule has 1 fully saturated rings. The van der Waals surface area contributed by atoms with Crippen molar-refractivity contribution >= 4 is 11.9 Å². The van der Waals surface area contributed by atoms with Gasteiger partial charge in [-0.25, -0.2) is 9.78 Å². The van der Waals surface area contributed by atoms with Gasteiger partial charge in [0, 0.05) is 44.9 Å². The van der Waals surface area contributed by atoms with E-state index >= 15 is 0 Å². The molecule has 1 amide bonds. The highest BCUT2D eigenvalue weighted by Crippen LogP contribution is 2.39.